The van der Waals surface area contributed by atoms with Crippen molar-refractivity contribution in [2.75, 3.05) is 43.9 Å². The Kier molecular flexibility index (Phi) is 6.02. The second-order valence-electron chi connectivity index (χ2n) is 5.75. The molecule has 0 bridgehead atoms. The largest absolute Gasteiger partial charge is 0.379 e. The van der Waals surface area contributed by atoms with Gasteiger partial charge in [-0.05, 0) is 12.3 Å². The molecule has 1 saturated heterocycles. The molecular weight excluding hydrogens is 290 g/mol. The van der Waals surface area contributed by atoms with Gasteiger partial charge in [0, 0.05) is 31.7 Å². The fraction of sp³-hybridized carbons (Fsp3) is 0.714. The van der Waals surface area contributed by atoms with E-state index in [1.165, 1.54) is 0 Å². The number of hydrogen-bond donors (Lipinski definition) is 2. The summed E-state index contributed by atoms with van der Waals surface area (Å²) < 4.78 is 5.43. The Bertz CT molecular complexity index is 431. The van der Waals surface area contributed by atoms with Crippen LogP contribution in [-0.4, -0.2) is 53.8 Å². The first-order valence-corrected chi connectivity index (χ1v) is 7.78. The van der Waals surface area contributed by atoms with E-state index in [1.54, 1.807) is 6.07 Å². The number of nitrogens with zero attached hydrogens (tertiary/aromatic N) is 3. The Balaban J connectivity index is 1.97. The Morgan fingerprint density at radius 2 is 2.10 bits per heavy atom. The number of nitrogens with two attached hydrogens (primary N) is 1. The lowest BCUT2D eigenvalue weighted by atomic mass is 10.0. The van der Waals surface area contributed by atoms with Crippen LogP contribution in [0.4, 0.5) is 11.8 Å². The quantitative estimate of drug-likeness (QED) is 0.781. The summed E-state index contributed by atoms with van der Waals surface area (Å²) in [6.45, 7) is 8.87. The van der Waals surface area contributed by atoms with Gasteiger partial charge < -0.3 is 15.8 Å². The molecule has 21 heavy (non-hydrogen) atoms. The number of ether oxygens (including phenoxy) is 1. The average Bonchev–Trinajstić information content (AvgIpc) is 2.43. The summed E-state index contributed by atoms with van der Waals surface area (Å²) >= 11 is 5.90. The zero-order valence-electron chi connectivity index (χ0n) is 12.7. The molecule has 118 valence electrons. The summed E-state index contributed by atoms with van der Waals surface area (Å²) in [6, 6.07) is 2.15. The van der Waals surface area contributed by atoms with Gasteiger partial charge in [-0.3, -0.25) is 4.90 Å². The van der Waals surface area contributed by atoms with Crippen molar-refractivity contribution in [2.45, 2.75) is 26.3 Å². The smallest absolute Gasteiger partial charge is 0.223 e. The van der Waals surface area contributed by atoms with Crippen LogP contribution in [0.2, 0.25) is 5.15 Å². The predicted molar refractivity (Wildman–Crippen MR) is 85.6 cm³/mol. The summed E-state index contributed by atoms with van der Waals surface area (Å²) in [6.07, 6.45) is 1.13. The summed E-state index contributed by atoms with van der Waals surface area (Å²) in [5, 5.41) is 3.69. The molecule has 2 rings (SSSR count). The number of morpholine rings is 1. The lowest BCUT2D eigenvalue weighted by Crippen LogP contribution is -2.47. The fourth-order valence-electron chi connectivity index (χ4n) is 2.60. The highest BCUT2D eigenvalue weighted by Gasteiger charge is 2.21. The van der Waals surface area contributed by atoms with Crippen molar-refractivity contribution in [2.24, 2.45) is 5.92 Å². The molecule has 1 unspecified atom stereocenters. The number of hydrogen-bond acceptors (Lipinski definition) is 6. The van der Waals surface area contributed by atoms with Crippen LogP contribution in [0.1, 0.15) is 20.3 Å². The van der Waals surface area contributed by atoms with Crippen LogP contribution >= 0.6 is 11.6 Å². The molecule has 1 fully saturated rings. The highest BCUT2D eigenvalue weighted by atomic mass is 35.5. The molecule has 1 aromatic heterocycles. The maximum absolute atomic E-state index is 5.90. The van der Waals surface area contributed by atoms with Gasteiger partial charge in [0.2, 0.25) is 5.95 Å². The molecule has 0 spiro atoms. The van der Waals surface area contributed by atoms with E-state index in [-0.39, 0.29) is 5.95 Å². The number of nitrogen functional groups attached to an aromatic ring is 1. The van der Waals surface area contributed by atoms with Gasteiger partial charge >= 0.3 is 0 Å². The molecule has 0 saturated carbocycles. The first kappa shape index (κ1) is 16.3. The van der Waals surface area contributed by atoms with E-state index in [1.807, 2.05) is 0 Å². The van der Waals surface area contributed by atoms with Crippen molar-refractivity contribution in [3.05, 3.63) is 11.2 Å². The van der Waals surface area contributed by atoms with Crippen LogP contribution in [0.25, 0.3) is 0 Å². The van der Waals surface area contributed by atoms with E-state index in [0.717, 1.165) is 39.3 Å². The Hall–Kier alpha value is -1.11. The molecule has 0 radical (unpaired) electrons. The normalized spacial score (nSPS) is 17.9. The number of nitrogens with one attached hydrogen (secondary N) is 1. The standard InChI is InChI=1S/C14H24ClN5O/c1-10(2)7-11(20-3-5-21-6-4-20)9-17-13-8-12(15)18-14(16)19-13/h8,10-11H,3-7,9H2,1-2H3,(H3,16,17,18,19). The van der Waals surface area contributed by atoms with Crippen molar-refractivity contribution in [1.29, 1.82) is 0 Å². The van der Waals surface area contributed by atoms with Gasteiger partial charge in [-0.1, -0.05) is 25.4 Å². The second-order valence-corrected chi connectivity index (χ2v) is 6.13. The van der Waals surface area contributed by atoms with Crippen molar-refractivity contribution >= 4 is 23.4 Å². The van der Waals surface area contributed by atoms with Gasteiger partial charge in [0.1, 0.15) is 11.0 Å². The summed E-state index contributed by atoms with van der Waals surface area (Å²) in [7, 11) is 0. The first-order chi connectivity index (χ1) is 10.0. The number of rotatable bonds is 6. The third kappa shape index (κ3) is 5.30. The van der Waals surface area contributed by atoms with Gasteiger partial charge in [0.15, 0.2) is 0 Å². The lowest BCUT2D eigenvalue weighted by molar-refractivity contribution is 0.0150. The lowest BCUT2D eigenvalue weighted by Gasteiger charge is -2.35. The van der Waals surface area contributed by atoms with Gasteiger partial charge in [-0.25, -0.2) is 4.98 Å². The van der Waals surface area contributed by atoms with Crippen molar-refractivity contribution in [1.82, 2.24) is 14.9 Å². The van der Waals surface area contributed by atoms with Crippen LogP contribution in [0.3, 0.4) is 0 Å². The Morgan fingerprint density at radius 1 is 1.38 bits per heavy atom. The molecule has 2 heterocycles. The predicted octanol–water partition coefficient (Wildman–Crippen LogP) is 1.87. The second kappa shape index (κ2) is 7.77. The van der Waals surface area contributed by atoms with E-state index in [4.69, 9.17) is 22.1 Å². The van der Waals surface area contributed by atoms with Crippen LogP contribution in [0.5, 0.6) is 0 Å². The third-order valence-corrected chi connectivity index (χ3v) is 3.73. The molecule has 1 aromatic rings. The summed E-state index contributed by atoms with van der Waals surface area (Å²) in [5.41, 5.74) is 5.62. The Morgan fingerprint density at radius 3 is 2.71 bits per heavy atom. The van der Waals surface area contributed by atoms with E-state index < -0.39 is 0 Å². The number of aromatic nitrogens is 2. The van der Waals surface area contributed by atoms with Crippen LogP contribution in [0, 0.1) is 5.92 Å². The number of anilines is 2. The molecule has 0 aliphatic carbocycles. The van der Waals surface area contributed by atoms with Gasteiger partial charge in [0.05, 0.1) is 13.2 Å². The molecule has 0 amide bonds. The maximum atomic E-state index is 5.90. The van der Waals surface area contributed by atoms with E-state index in [0.29, 0.717) is 22.9 Å². The van der Waals surface area contributed by atoms with Gasteiger partial charge in [0.25, 0.3) is 0 Å². The van der Waals surface area contributed by atoms with Crippen LogP contribution in [0.15, 0.2) is 6.07 Å². The molecule has 1 aliphatic heterocycles. The molecule has 0 aromatic carbocycles. The topological polar surface area (TPSA) is 76.3 Å². The molecule has 1 aliphatic rings. The average molecular weight is 314 g/mol. The SMILES string of the molecule is CC(C)CC(CNc1cc(Cl)nc(N)n1)N1CCOCC1. The third-order valence-electron chi connectivity index (χ3n) is 3.54. The van der Waals surface area contributed by atoms with E-state index >= 15 is 0 Å². The highest BCUT2D eigenvalue weighted by molar-refractivity contribution is 6.29. The van der Waals surface area contributed by atoms with Crippen LogP contribution in [-0.2, 0) is 4.74 Å². The van der Waals surface area contributed by atoms with Gasteiger partial charge in [-0.15, -0.1) is 0 Å². The van der Waals surface area contributed by atoms with Crippen molar-refractivity contribution < 1.29 is 4.74 Å². The minimum atomic E-state index is 0.191. The number of halogens is 1. The monoisotopic (exact) mass is 313 g/mol. The fourth-order valence-corrected chi connectivity index (χ4v) is 2.79. The summed E-state index contributed by atoms with van der Waals surface area (Å²) in [4.78, 5) is 10.5. The minimum absolute atomic E-state index is 0.191. The molecular formula is C14H24ClN5O. The Labute approximate surface area is 131 Å². The van der Waals surface area contributed by atoms with E-state index in [9.17, 15) is 0 Å². The molecule has 3 N–H and O–H groups in total. The molecule has 6 nitrogen and oxygen atoms in total. The van der Waals surface area contributed by atoms with Crippen LogP contribution < -0.4 is 11.1 Å². The maximum Gasteiger partial charge on any atom is 0.223 e. The van der Waals surface area contributed by atoms with Gasteiger partial charge in [-0.2, -0.15) is 4.98 Å². The highest BCUT2D eigenvalue weighted by Crippen LogP contribution is 2.16. The minimum Gasteiger partial charge on any atom is -0.379 e. The molecule has 1 atom stereocenters. The zero-order chi connectivity index (χ0) is 15.2. The molecule has 7 heteroatoms. The zero-order valence-corrected chi connectivity index (χ0v) is 13.4. The summed E-state index contributed by atoms with van der Waals surface area (Å²) in [5.74, 6) is 1.50. The van der Waals surface area contributed by atoms with E-state index in [2.05, 4.69) is 34.0 Å². The van der Waals surface area contributed by atoms with Crippen molar-refractivity contribution in [3.8, 4) is 0 Å². The first-order valence-electron chi connectivity index (χ1n) is 7.40. The van der Waals surface area contributed by atoms with Crippen molar-refractivity contribution in [3.63, 3.8) is 0 Å².